The third-order valence-corrected chi connectivity index (χ3v) is 4.91. The fourth-order valence-corrected chi connectivity index (χ4v) is 3.37. The standard InChI is InChI=1S/C24H16O8/c25-15-6-1-12(2-7-15)17-11-14(5-10-18(17)27)19-21(28)22(32-24(19)31)20(23(29)30)13-3-8-16(26)9-4-13/h1-11,25-28H,(H,29,30)/b22-20+. The molecule has 0 saturated heterocycles. The van der Waals surface area contributed by atoms with Gasteiger partial charge in [-0.1, -0.05) is 30.3 Å². The summed E-state index contributed by atoms with van der Waals surface area (Å²) in [5, 5.41) is 49.6. The van der Waals surface area contributed by atoms with Gasteiger partial charge >= 0.3 is 11.9 Å². The summed E-state index contributed by atoms with van der Waals surface area (Å²) in [6.45, 7) is 0. The van der Waals surface area contributed by atoms with Gasteiger partial charge in [0.05, 0.1) is 0 Å². The van der Waals surface area contributed by atoms with Crippen molar-refractivity contribution in [2.24, 2.45) is 0 Å². The van der Waals surface area contributed by atoms with Crippen LogP contribution in [0.25, 0.3) is 22.3 Å². The maximum Gasteiger partial charge on any atom is 0.348 e. The SMILES string of the molecule is O=C1O/C(=C(/C(=O)O)c2ccc(O)cc2)C(O)=C1c1ccc(O)c(-c2ccc(O)cc2)c1. The van der Waals surface area contributed by atoms with Crippen LogP contribution in [-0.2, 0) is 14.3 Å². The summed E-state index contributed by atoms with van der Waals surface area (Å²) < 4.78 is 5.12. The molecule has 0 bridgehead atoms. The van der Waals surface area contributed by atoms with Gasteiger partial charge in [0.15, 0.2) is 11.5 Å². The molecule has 0 radical (unpaired) electrons. The van der Waals surface area contributed by atoms with Crippen LogP contribution < -0.4 is 0 Å². The lowest BCUT2D eigenvalue weighted by Gasteiger charge is -2.08. The van der Waals surface area contributed by atoms with Crippen LogP contribution in [0, 0.1) is 0 Å². The molecule has 3 aromatic carbocycles. The van der Waals surface area contributed by atoms with Crippen molar-refractivity contribution in [3.63, 3.8) is 0 Å². The molecule has 0 atom stereocenters. The maximum atomic E-state index is 12.6. The summed E-state index contributed by atoms with van der Waals surface area (Å²) in [6.07, 6.45) is 0. The van der Waals surface area contributed by atoms with Crippen LogP contribution in [0.3, 0.4) is 0 Å². The number of aliphatic hydroxyl groups excluding tert-OH is 1. The second-order valence-corrected chi connectivity index (χ2v) is 6.95. The largest absolute Gasteiger partial charge is 0.508 e. The van der Waals surface area contributed by atoms with E-state index in [9.17, 15) is 35.1 Å². The van der Waals surface area contributed by atoms with Gasteiger partial charge in [0, 0.05) is 5.56 Å². The number of phenolic OH excluding ortho intramolecular Hbond substituents is 3. The lowest BCUT2D eigenvalue weighted by Crippen LogP contribution is -2.06. The van der Waals surface area contributed by atoms with Crippen LogP contribution in [0.1, 0.15) is 11.1 Å². The number of hydrogen-bond donors (Lipinski definition) is 5. The molecule has 3 aromatic rings. The molecular weight excluding hydrogens is 416 g/mol. The number of benzene rings is 3. The molecule has 4 rings (SSSR count). The molecule has 0 aliphatic carbocycles. The monoisotopic (exact) mass is 432 g/mol. The van der Waals surface area contributed by atoms with Gasteiger partial charge in [0.2, 0.25) is 0 Å². The summed E-state index contributed by atoms with van der Waals surface area (Å²) in [6, 6.07) is 15.3. The van der Waals surface area contributed by atoms with Gasteiger partial charge in [-0.05, 0) is 53.1 Å². The highest BCUT2D eigenvalue weighted by molar-refractivity contribution is 6.25. The smallest absolute Gasteiger partial charge is 0.348 e. The molecule has 0 unspecified atom stereocenters. The molecule has 160 valence electrons. The third kappa shape index (κ3) is 3.61. The molecule has 1 heterocycles. The van der Waals surface area contributed by atoms with E-state index < -0.39 is 29.0 Å². The second-order valence-electron chi connectivity index (χ2n) is 6.95. The minimum atomic E-state index is -1.44. The van der Waals surface area contributed by atoms with Crippen molar-refractivity contribution in [2.75, 3.05) is 0 Å². The van der Waals surface area contributed by atoms with E-state index in [1.165, 1.54) is 54.6 Å². The molecule has 0 saturated carbocycles. The average Bonchev–Trinajstić information content (AvgIpc) is 3.04. The van der Waals surface area contributed by atoms with Crippen LogP contribution in [0.5, 0.6) is 17.2 Å². The maximum absolute atomic E-state index is 12.6. The molecule has 1 aliphatic rings. The molecule has 1 aliphatic heterocycles. The summed E-state index contributed by atoms with van der Waals surface area (Å²) in [7, 11) is 0. The number of carbonyl (C=O) groups excluding carboxylic acids is 1. The van der Waals surface area contributed by atoms with E-state index in [1.54, 1.807) is 12.1 Å². The second kappa shape index (κ2) is 7.84. The van der Waals surface area contributed by atoms with Crippen molar-refractivity contribution in [3.8, 4) is 28.4 Å². The van der Waals surface area contributed by atoms with Crippen LogP contribution in [0.15, 0.2) is 78.2 Å². The number of carbonyl (C=O) groups is 2. The first-order chi connectivity index (χ1) is 15.3. The Balaban J connectivity index is 1.87. The van der Waals surface area contributed by atoms with E-state index in [0.29, 0.717) is 11.1 Å². The van der Waals surface area contributed by atoms with Gasteiger partial charge in [0.25, 0.3) is 0 Å². The van der Waals surface area contributed by atoms with Gasteiger partial charge in [-0.15, -0.1) is 0 Å². The van der Waals surface area contributed by atoms with Gasteiger partial charge in [-0.3, -0.25) is 0 Å². The lowest BCUT2D eigenvalue weighted by atomic mass is 9.97. The van der Waals surface area contributed by atoms with Crippen LogP contribution in [0.2, 0.25) is 0 Å². The predicted molar refractivity (Wildman–Crippen MR) is 114 cm³/mol. The summed E-state index contributed by atoms with van der Waals surface area (Å²) >= 11 is 0. The molecule has 5 N–H and O–H groups in total. The van der Waals surface area contributed by atoms with Gasteiger partial charge in [-0.2, -0.15) is 0 Å². The van der Waals surface area contributed by atoms with E-state index >= 15 is 0 Å². The van der Waals surface area contributed by atoms with Crippen LogP contribution in [0.4, 0.5) is 0 Å². The first-order valence-electron chi connectivity index (χ1n) is 9.32. The van der Waals surface area contributed by atoms with Gasteiger partial charge < -0.3 is 30.3 Å². The molecule has 32 heavy (non-hydrogen) atoms. The molecule has 0 amide bonds. The summed E-state index contributed by atoms with van der Waals surface area (Å²) in [5.41, 5.74) is 0.450. The number of rotatable bonds is 4. The number of aromatic hydroxyl groups is 3. The van der Waals surface area contributed by atoms with Crippen molar-refractivity contribution in [2.45, 2.75) is 0 Å². The third-order valence-electron chi connectivity index (χ3n) is 4.91. The topological polar surface area (TPSA) is 145 Å². The predicted octanol–water partition coefficient (Wildman–Crippen LogP) is 3.79. The van der Waals surface area contributed by atoms with E-state index in [-0.39, 0.29) is 33.9 Å². The number of ether oxygens (including phenoxy) is 1. The summed E-state index contributed by atoms with van der Waals surface area (Å²) in [5.74, 6) is -3.74. The lowest BCUT2D eigenvalue weighted by molar-refractivity contribution is -0.131. The number of carboxylic acid groups (broad SMARTS) is 1. The number of cyclic esters (lactones) is 1. The molecular formula is C24H16O8. The quantitative estimate of drug-likeness (QED) is 0.309. The Morgan fingerprint density at radius 3 is 1.91 bits per heavy atom. The zero-order valence-electron chi connectivity index (χ0n) is 16.3. The zero-order chi connectivity index (χ0) is 23.0. The fraction of sp³-hybridized carbons (Fsp3) is 0. The number of aliphatic hydroxyl groups is 1. The van der Waals surface area contributed by atoms with E-state index in [1.807, 2.05) is 0 Å². The Morgan fingerprint density at radius 2 is 1.31 bits per heavy atom. The Morgan fingerprint density at radius 1 is 0.750 bits per heavy atom. The molecule has 0 spiro atoms. The Kier molecular flexibility index (Phi) is 5.04. The number of aliphatic carboxylic acids is 1. The van der Waals surface area contributed by atoms with Gasteiger partial charge in [-0.25, -0.2) is 9.59 Å². The molecule has 0 fully saturated rings. The van der Waals surface area contributed by atoms with Crippen molar-refractivity contribution in [1.82, 2.24) is 0 Å². The Labute approximate surface area is 181 Å². The van der Waals surface area contributed by atoms with E-state index in [2.05, 4.69) is 0 Å². The molecule has 0 aromatic heterocycles. The Bertz CT molecular complexity index is 1300. The van der Waals surface area contributed by atoms with Crippen LogP contribution in [-0.4, -0.2) is 37.5 Å². The number of carboxylic acids is 1. The van der Waals surface area contributed by atoms with E-state index in [4.69, 9.17) is 4.74 Å². The fourth-order valence-electron chi connectivity index (χ4n) is 3.37. The highest BCUT2D eigenvalue weighted by Crippen LogP contribution is 2.39. The van der Waals surface area contributed by atoms with Crippen molar-refractivity contribution in [1.29, 1.82) is 0 Å². The zero-order valence-corrected chi connectivity index (χ0v) is 16.3. The minimum Gasteiger partial charge on any atom is -0.508 e. The van der Waals surface area contributed by atoms with Crippen molar-refractivity contribution in [3.05, 3.63) is 89.4 Å². The Hall–Kier alpha value is -4.72. The highest BCUT2D eigenvalue weighted by atomic mass is 16.6. The average molecular weight is 432 g/mol. The van der Waals surface area contributed by atoms with Gasteiger partial charge in [0.1, 0.15) is 28.4 Å². The number of esters is 1. The molecule has 8 heteroatoms. The van der Waals surface area contributed by atoms with Crippen molar-refractivity contribution >= 4 is 23.1 Å². The normalized spacial score (nSPS) is 14.9. The number of phenols is 3. The van der Waals surface area contributed by atoms with Crippen LogP contribution >= 0.6 is 0 Å². The summed E-state index contributed by atoms with van der Waals surface area (Å²) in [4.78, 5) is 24.5. The van der Waals surface area contributed by atoms with E-state index in [0.717, 1.165) is 0 Å². The number of hydrogen-bond acceptors (Lipinski definition) is 7. The first kappa shape index (κ1) is 20.5. The highest BCUT2D eigenvalue weighted by Gasteiger charge is 2.36. The minimum absolute atomic E-state index is 0.0364. The van der Waals surface area contributed by atoms with Crippen molar-refractivity contribution < 1.29 is 39.9 Å². The first-order valence-corrected chi connectivity index (χ1v) is 9.32. The molecule has 8 nitrogen and oxygen atoms in total.